The summed E-state index contributed by atoms with van der Waals surface area (Å²) in [6.07, 6.45) is 2.22. The normalized spacial score (nSPS) is 15.2. The van der Waals surface area contributed by atoms with Crippen LogP contribution in [0.4, 0.5) is 11.4 Å². The standard InChI is InChI=1S/C25H30N4O/c1-18-17-22(19(2)29(18)21-9-5-4-6-10-21)25(30)27-24-12-8-7-11-23(24)26-20-13-15-28(3)16-14-20/h4-12,17,20,26H,13-16H2,1-3H3,(H,27,30). The Labute approximate surface area is 178 Å². The molecule has 4 rings (SSSR count). The first-order chi connectivity index (χ1) is 14.5. The van der Waals surface area contributed by atoms with Crippen molar-refractivity contribution >= 4 is 17.3 Å². The third kappa shape index (κ3) is 4.26. The monoisotopic (exact) mass is 402 g/mol. The summed E-state index contributed by atoms with van der Waals surface area (Å²) in [7, 11) is 2.16. The van der Waals surface area contributed by atoms with E-state index in [0.29, 0.717) is 11.6 Å². The highest BCUT2D eigenvalue weighted by Gasteiger charge is 2.20. The number of aromatic nitrogens is 1. The minimum absolute atomic E-state index is 0.0806. The van der Waals surface area contributed by atoms with Gasteiger partial charge >= 0.3 is 0 Å². The fourth-order valence-electron chi connectivity index (χ4n) is 4.25. The van der Waals surface area contributed by atoms with Crippen molar-refractivity contribution in [1.82, 2.24) is 9.47 Å². The van der Waals surface area contributed by atoms with E-state index < -0.39 is 0 Å². The topological polar surface area (TPSA) is 49.3 Å². The lowest BCUT2D eigenvalue weighted by molar-refractivity contribution is 0.102. The quantitative estimate of drug-likeness (QED) is 0.641. The Hall–Kier alpha value is -3.05. The van der Waals surface area contributed by atoms with Crippen molar-refractivity contribution in [3.63, 3.8) is 0 Å². The molecule has 2 N–H and O–H groups in total. The van der Waals surface area contributed by atoms with Gasteiger partial charge in [0.15, 0.2) is 0 Å². The Morgan fingerprint density at radius 1 is 0.933 bits per heavy atom. The third-order valence-corrected chi connectivity index (χ3v) is 5.94. The van der Waals surface area contributed by atoms with Gasteiger partial charge in [0.05, 0.1) is 16.9 Å². The van der Waals surface area contributed by atoms with Gasteiger partial charge in [0, 0.05) is 23.1 Å². The van der Waals surface area contributed by atoms with E-state index in [-0.39, 0.29) is 5.91 Å². The zero-order chi connectivity index (χ0) is 21.1. The fraction of sp³-hybridized carbons (Fsp3) is 0.320. The van der Waals surface area contributed by atoms with Crippen LogP contribution >= 0.6 is 0 Å². The molecule has 156 valence electrons. The van der Waals surface area contributed by atoms with E-state index in [2.05, 4.69) is 39.3 Å². The smallest absolute Gasteiger partial charge is 0.257 e. The molecule has 5 nitrogen and oxygen atoms in total. The molecule has 1 aromatic heterocycles. The molecule has 3 aromatic rings. The van der Waals surface area contributed by atoms with E-state index in [9.17, 15) is 4.79 Å². The van der Waals surface area contributed by atoms with Crippen LogP contribution in [0.1, 0.15) is 34.6 Å². The van der Waals surface area contributed by atoms with Gasteiger partial charge in [-0.2, -0.15) is 0 Å². The molecule has 5 heteroatoms. The fourth-order valence-corrected chi connectivity index (χ4v) is 4.25. The molecule has 1 aliphatic heterocycles. The van der Waals surface area contributed by atoms with Crippen molar-refractivity contribution in [2.24, 2.45) is 0 Å². The lowest BCUT2D eigenvalue weighted by Crippen LogP contribution is -2.36. The molecule has 1 amide bonds. The van der Waals surface area contributed by atoms with Crippen LogP contribution < -0.4 is 10.6 Å². The highest BCUT2D eigenvalue weighted by molar-refractivity contribution is 6.07. The number of para-hydroxylation sites is 3. The van der Waals surface area contributed by atoms with Crippen LogP contribution in [0.25, 0.3) is 5.69 Å². The lowest BCUT2D eigenvalue weighted by Gasteiger charge is -2.30. The van der Waals surface area contributed by atoms with Gasteiger partial charge in [0.1, 0.15) is 0 Å². The summed E-state index contributed by atoms with van der Waals surface area (Å²) in [6.45, 7) is 6.22. The minimum atomic E-state index is -0.0806. The Kier molecular flexibility index (Phi) is 5.91. The van der Waals surface area contributed by atoms with E-state index in [1.54, 1.807) is 0 Å². The van der Waals surface area contributed by atoms with Crippen molar-refractivity contribution in [3.8, 4) is 5.69 Å². The molecule has 0 saturated carbocycles. The summed E-state index contributed by atoms with van der Waals surface area (Å²) in [5.74, 6) is -0.0806. The molecule has 2 aromatic carbocycles. The third-order valence-electron chi connectivity index (χ3n) is 5.94. The molecule has 2 heterocycles. The first kappa shape index (κ1) is 20.2. The molecule has 0 atom stereocenters. The number of amides is 1. The second-order valence-corrected chi connectivity index (χ2v) is 8.18. The van der Waals surface area contributed by atoms with Crippen LogP contribution in [0, 0.1) is 13.8 Å². The van der Waals surface area contributed by atoms with Crippen LogP contribution in [0.15, 0.2) is 60.7 Å². The number of carbonyl (C=O) groups is 1. The van der Waals surface area contributed by atoms with E-state index in [4.69, 9.17) is 0 Å². The van der Waals surface area contributed by atoms with E-state index in [1.165, 1.54) is 0 Å². The minimum Gasteiger partial charge on any atom is -0.381 e. The van der Waals surface area contributed by atoms with Gasteiger partial charge in [-0.15, -0.1) is 0 Å². The van der Waals surface area contributed by atoms with Crippen molar-refractivity contribution < 1.29 is 4.79 Å². The number of aryl methyl sites for hydroxylation is 1. The Bertz CT molecular complexity index is 1020. The molecule has 1 aliphatic rings. The summed E-state index contributed by atoms with van der Waals surface area (Å²) in [6, 6.07) is 20.5. The number of benzene rings is 2. The van der Waals surface area contributed by atoms with Gasteiger partial charge in [-0.1, -0.05) is 30.3 Å². The highest BCUT2D eigenvalue weighted by atomic mass is 16.1. The predicted molar refractivity (Wildman–Crippen MR) is 124 cm³/mol. The van der Waals surface area contributed by atoms with Crippen LogP contribution in [0.5, 0.6) is 0 Å². The number of carbonyl (C=O) groups excluding carboxylic acids is 1. The zero-order valence-electron chi connectivity index (χ0n) is 18.0. The molecule has 0 unspecified atom stereocenters. The van der Waals surface area contributed by atoms with Gasteiger partial charge in [-0.3, -0.25) is 4.79 Å². The number of rotatable bonds is 5. The molecule has 1 saturated heterocycles. The summed E-state index contributed by atoms with van der Waals surface area (Å²) in [5.41, 5.74) is 5.56. The second-order valence-electron chi connectivity index (χ2n) is 8.18. The Morgan fingerprint density at radius 2 is 1.57 bits per heavy atom. The second kappa shape index (κ2) is 8.76. The maximum Gasteiger partial charge on any atom is 0.257 e. The molecular weight excluding hydrogens is 372 g/mol. The molecule has 0 bridgehead atoms. The average molecular weight is 403 g/mol. The van der Waals surface area contributed by atoms with Crippen molar-refractivity contribution in [3.05, 3.63) is 77.6 Å². The predicted octanol–water partition coefficient (Wildman–Crippen LogP) is 4.85. The average Bonchev–Trinajstić information content (AvgIpc) is 3.06. The summed E-state index contributed by atoms with van der Waals surface area (Å²) in [4.78, 5) is 15.5. The number of nitrogens with zero attached hydrogens (tertiary/aromatic N) is 2. The van der Waals surface area contributed by atoms with Crippen molar-refractivity contribution in [1.29, 1.82) is 0 Å². The number of hydrogen-bond acceptors (Lipinski definition) is 3. The van der Waals surface area contributed by atoms with E-state index in [0.717, 1.165) is 54.4 Å². The number of likely N-dealkylation sites (tertiary alicyclic amines) is 1. The van der Waals surface area contributed by atoms with Gasteiger partial charge in [-0.05, 0) is 77.2 Å². The van der Waals surface area contributed by atoms with Crippen LogP contribution in [0.3, 0.4) is 0 Å². The number of nitrogens with one attached hydrogen (secondary N) is 2. The first-order valence-corrected chi connectivity index (χ1v) is 10.6. The lowest BCUT2D eigenvalue weighted by atomic mass is 10.0. The van der Waals surface area contributed by atoms with Gasteiger partial charge in [0.25, 0.3) is 5.91 Å². The van der Waals surface area contributed by atoms with E-state index in [1.807, 2.05) is 62.4 Å². The molecule has 1 fully saturated rings. The van der Waals surface area contributed by atoms with E-state index >= 15 is 0 Å². The Morgan fingerprint density at radius 3 is 2.27 bits per heavy atom. The molecule has 0 spiro atoms. The van der Waals surface area contributed by atoms with Gasteiger partial charge < -0.3 is 20.1 Å². The maximum atomic E-state index is 13.2. The van der Waals surface area contributed by atoms with Crippen LogP contribution in [0.2, 0.25) is 0 Å². The summed E-state index contributed by atoms with van der Waals surface area (Å²) >= 11 is 0. The summed E-state index contributed by atoms with van der Waals surface area (Å²) < 4.78 is 2.12. The molecule has 0 radical (unpaired) electrons. The molecule has 0 aliphatic carbocycles. The number of hydrogen-bond donors (Lipinski definition) is 2. The van der Waals surface area contributed by atoms with Crippen molar-refractivity contribution in [2.75, 3.05) is 30.8 Å². The molecular formula is C25H30N4O. The number of anilines is 2. The highest BCUT2D eigenvalue weighted by Crippen LogP contribution is 2.26. The number of piperidine rings is 1. The van der Waals surface area contributed by atoms with Gasteiger partial charge in [-0.25, -0.2) is 0 Å². The first-order valence-electron chi connectivity index (χ1n) is 10.6. The van der Waals surface area contributed by atoms with Crippen molar-refractivity contribution in [2.45, 2.75) is 32.7 Å². The zero-order valence-corrected chi connectivity index (χ0v) is 18.0. The van der Waals surface area contributed by atoms with Crippen LogP contribution in [-0.2, 0) is 0 Å². The maximum absolute atomic E-state index is 13.2. The van der Waals surface area contributed by atoms with Gasteiger partial charge in [0.2, 0.25) is 0 Å². The Balaban J connectivity index is 1.54. The largest absolute Gasteiger partial charge is 0.381 e. The van der Waals surface area contributed by atoms with Crippen LogP contribution in [-0.4, -0.2) is 41.6 Å². The SMILES string of the molecule is Cc1cc(C(=O)Nc2ccccc2NC2CCN(C)CC2)c(C)n1-c1ccccc1. The summed E-state index contributed by atoms with van der Waals surface area (Å²) in [5, 5.41) is 6.77. The molecule has 30 heavy (non-hydrogen) atoms.